The second kappa shape index (κ2) is 9.09. The zero-order valence-electron chi connectivity index (χ0n) is 18.5. The summed E-state index contributed by atoms with van der Waals surface area (Å²) in [5, 5.41) is 15.9. The molecule has 0 saturated carbocycles. The molecule has 0 bridgehead atoms. The second-order valence-electron chi connectivity index (χ2n) is 8.59. The first kappa shape index (κ1) is 21.8. The zero-order valence-corrected chi connectivity index (χ0v) is 19.2. The number of fused-ring (bicyclic) bond motifs is 2. The third kappa shape index (κ3) is 4.44. The maximum absolute atomic E-state index is 13.2. The van der Waals surface area contributed by atoms with E-state index in [1.807, 2.05) is 60.2 Å². The van der Waals surface area contributed by atoms with Crippen molar-refractivity contribution in [3.05, 3.63) is 76.9 Å². The van der Waals surface area contributed by atoms with E-state index in [4.69, 9.17) is 21.8 Å². The minimum Gasteiger partial charge on any atom is -0.395 e. The van der Waals surface area contributed by atoms with Crippen molar-refractivity contribution in [2.75, 3.05) is 26.2 Å². The largest absolute Gasteiger partial charge is 0.395 e. The summed E-state index contributed by atoms with van der Waals surface area (Å²) in [5.74, 6) is 0.110. The number of carbonyl (C=O) groups excluding carboxylic acids is 1. The van der Waals surface area contributed by atoms with Gasteiger partial charge in [-0.3, -0.25) is 4.79 Å². The lowest BCUT2D eigenvalue weighted by molar-refractivity contribution is -0.124. The molecule has 1 saturated heterocycles. The van der Waals surface area contributed by atoms with Crippen molar-refractivity contribution in [2.45, 2.75) is 19.8 Å². The van der Waals surface area contributed by atoms with E-state index in [1.165, 1.54) is 5.01 Å². The Balaban J connectivity index is 1.42. The predicted octanol–water partition coefficient (Wildman–Crippen LogP) is 3.59. The van der Waals surface area contributed by atoms with E-state index in [0.29, 0.717) is 23.1 Å². The van der Waals surface area contributed by atoms with Crippen LogP contribution in [0.2, 0.25) is 5.02 Å². The van der Waals surface area contributed by atoms with Crippen LogP contribution in [0.25, 0.3) is 11.2 Å². The van der Waals surface area contributed by atoms with Crippen molar-refractivity contribution in [2.24, 2.45) is 11.0 Å². The van der Waals surface area contributed by atoms with Crippen molar-refractivity contribution < 1.29 is 9.90 Å². The topological polar surface area (TPSA) is 73.4 Å². The summed E-state index contributed by atoms with van der Waals surface area (Å²) in [5.41, 5.74) is 4.84. The first-order valence-corrected chi connectivity index (χ1v) is 11.6. The van der Waals surface area contributed by atoms with Gasteiger partial charge < -0.3 is 14.4 Å². The van der Waals surface area contributed by atoms with Gasteiger partial charge in [0.15, 0.2) is 5.65 Å². The van der Waals surface area contributed by atoms with Crippen molar-refractivity contribution in [3.8, 4) is 0 Å². The number of β-amino-alcohol motifs (C(OH)–C–C–N with tert-alkyl or cyclic N) is 1. The van der Waals surface area contributed by atoms with E-state index in [9.17, 15) is 4.79 Å². The summed E-state index contributed by atoms with van der Waals surface area (Å²) in [6.45, 7) is 4.67. The number of nitrogens with zero attached hydrogens (tertiary/aromatic N) is 5. The van der Waals surface area contributed by atoms with Gasteiger partial charge in [0.05, 0.1) is 28.7 Å². The smallest absolute Gasteiger partial charge is 0.272 e. The van der Waals surface area contributed by atoms with Gasteiger partial charge in [0.2, 0.25) is 0 Å². The SMILES string of the molecule is Cc1cn2cc(C3=CC(=O)N4N=C(C5CCN(CCO)CC5)C=C/C4=C\C=C3)cc(Cl)c2n1. The van der Waals surface area contributed by atoms with E-state index in [-0.39, 0.29) is 12.5 Å². The molecular weight excluding hydrogens is 438 g/mol. The Morgan fingerprint density at radius 3 is 2.79 bits per heavy atom. The normalized spacial score (nSPS) is 21.4. The Morgan fingerprint density at radius 1 is 1.18 bits per heavy atom. The van der Waals surface area contributed by atoms with Gasteiger partial charge >= 0.3 is 0 Å². The minimum absolute atomic E-state index is 0.183. The minimum atomic E-state index is -0.196. The molecule has 2 aromatic rings. The molecule has 0 radical (unpaired) electrons. The molecule has 2 aromatic heterocycles. The molecular formula is C25H26ClN5O2. The molecule has 170 valence electrons. The van der Waals surface area contributed by atoms with Gasteiger partial charge in [0, 0.05) is 36.5 Å². The lowest BCUT2D eigenvalue weighted by atomic mass is 9.91. The number of hydrazone groups is 1. The standard InChI is InChI=1S/C25H26ClN5O2/c1-17-15-30-16-20(13-22(26)25(30)27-17)19-3-2-4-21-5-6-23(28-31(21)24(33)14-19)18-7-9-29(10-8-18)11-12-32/h2-6,13-16,18,32H,7-12H2,1H3/b3-2?,19-14?,21-4+. The summed E-state index contributed by atoms with van der Waals surface area (Å²) in [4.78, 5) is 19.9. The van der Waals surface area contributed by atoms with Gasteiger partial charge in [-0.1, -0.05) is 23.8 Å². The highest BCUT2D eigenvalue weighted by Crippen LogP contribution is 2.28. The lowest BCUT2D eigenvalue weighted by Crippen LogP contribution is -2.39. The molecule has 5 heterocycles. The third-order valence-electron chi connectivity index (χ3n) is 6.30. The van der Waals surface area contributed by atoms with E-state index in [0.717, 1.165) is 54.2 Å². The summed E-state index contributed by atoms with van der Waals surface area (Å²) in [6, 6.07) is 1.84. The number of halogens is 1. The molecule has 0 aromatic carbocycles. The number of hydrogen-bond acceptors (Lipinski definition) is 5. The molecule has 1 fully saturated rings. The number of piperidine rings is 1. The van der Waals surface area contributed by atoms with E-state index >= 15 is 0 Å². The molecule has 0 aliphatic carbocycles. The number of aromatic nitrogens is 2. The molecule has 0 unspecified atom stereocenters. The Hall–Kier alpha value is -3.00. The van der Waals surface area contributed by atoms with Gasteiger partial charge in [-0.15, -0.1) is 0 Å². The van der Waals surface area contributed by atoms with Crippen molar-refractivity contribution in [1.29, 1.82) is 0 Å². The first-order chi connectivity index (χ1) is 16.0. The molecule has 3 aliphatic rings. The Bertz CT molecular complexity index is 1240. The van der Waals surface area contributed by atoms with Crippen molar-refractivity contribution in [1.82, 2.24) is 19.3 Å². The zero-order chi connectivity index (χ0) is 22.9. The number of aliphatic hydroxyl groups is 1. The van der Waals surface area contributed by atoms with Crippen LogP contribution in [0.5, 0.6) is 0 Å². The number of amides is 1. The Labute approximate surface area is 197 Å². The maximum Gasteiger partial charge on any atom is 0.272 e. The van der Waals surface area contributed by atoms with Crippen molar-refractivity contribution >= 4 is 34.4 Å². The molecule has 0 atom stereocenters. The van der Waals surface area contributed by atoms with E-state index in [1.54, 1.807) is 6.08 Å². The molecule has 1 N–H and O–H groups in total. The Morgan fingerprint density at radius 2 is 2.00 bits per heavy atom. The molecule has 5 rings (SSSR count). The number of rotatable bonds is 4. The Kier molecular flexibility index (Phi) is 6.01. The average molecular weight is 464 g/mol. The van der Waals surface area contributed by atoms with Gasteiger partial charge in [0.25, 0.3) is 5.91 Å². The number of allylic oxidation sites excluding steroid dienone is 6. The van der Waals surface area contributed by atoms with E-state index in [2.05, 4.69) is 9.88 Å². The number of likely N-dealkylation sites (tertiary alicyclic amines) is 1. The number of hydrogen-bond donors (Lipinski definition) is 1. The highest BCUT2D eigenvalue weighted by molar-refractivity contribution is 6.33. The van der Waals surface area contributed by atoms with Crippen LogP contribution in [0, 0.1) is 12.8 Å². The predicted molar refractivity (Wildman–Crippen MR) is 130 cm³/mol. The van der Waals surface area contributed by atoms with Gasteiger partial charge in [-0.05, 0) is 62.7 Å². The lowest BCUT2D eigenvalue weighted by Gasteiger charge is -2.33. The maximum atomic E-state index is 13.2. The van der Waals surface area contributed by atoms with Crippen LogP contribution in [0.3, 0.4) is 0 Å². The van der Waals surface area contributed by atoms with Crippen LogP contribution in [-0.4, -0.2) is 62.3 Å². The number of aryl methyl sites for hydroxylation is 1. The van der Waals surface area contributed by atoms with Gasteiger partial charge in [-0.25, -0.2) is 4.98 Å². The van der Waals surface area contributed by atoms with Gasteiger partial charge in [-0.2, -0.15) is 10.1 Å². The van der Waals surface area contributed by atoms with Crippen LogP contribution < -0.4 is 0 Å². The summed E-state index contributed by atoms with van der Waals surface area (Å²) in [7, 11) is 0. The number of aliphatic hydroxyl groups excluding tert-OH is 1. The van der Waals surface area contributed by atoms with Crippen LogP contribution in [0.15, 0.2) is 65.7 Å². The second-order valence-corrected chi connectivity index (χ2v) is 9.00. The third-order valence-corrected chi connectivity index (χ3v) is 6.58. The molecule has 3 aliphatic heterocycles. The summed E-state index contributed by atoms with van der Waals surface area (Å²) >= 11 is 6.46. The van der Waals surface area contributed by atoms with Crippen molar-refractivity contribution in [3.63, 3.8) is 0 Å². The average Bonchev–Trinajstić information content (AvgIpc) is 3.19. The number of pyridine rings is 1. The number of imidazole rings is 1. The first-order valence-electron chi connectivity index (χ1n) is 11.2. The fourth-order valence-electron chi connectivity index (χ4n) is 4.57. The van der Waals surface area contributed by atoms with Crippen LogP contribution in [-0.2, 0) is 4.79 Å². The molecule has 1 amide bonds. The van der Waals surface area contributed by atoms with Crippen LogP contribution in [0.4, 0.5) is 0 Å². The van der Waals surface area contributed by atoms with Crippen LogP contribution in [0.1, 0.15) is 24.1 Å². The molecule has 0 spiro atoms. The molecule has 7 nitrogen and oxygen atoms in total. The summed E-state index contributed by atoms with van der Waals surface area (Å²) < 4.78 is 1.88. The van der Waals surface area contributed by atoms with Gasteiger partial charge in [0.1, 0.15) is 0 Å². The highest BCUT2D eigenvalue weighted by atomic mass is 35.5. The fraction of sp³-hybridized carbons (Fsp3) is 0.320. The highest BCUT2D eigenvalue weighted by Gasteiger charge is 2.27. The fourth-order valence-corrected chi connectivity index (χ4v) is 4.83. The summed E-state index contributed by atoms with van der Waals surface area (Å²) in [6.07, 6.45) is 17.1. The number of carbonyl (C=O) groups is 1. The quantitative estimate of drug-likeness (QED) is 0.752. The molecule has 8 heteroatoms. The van der Waals surface area contributed by atoms with Crippen LogP contribution >= 0.6 is 11.6 Å². The molecule has 33 heavy (non-hydrogen) atoms. The monoisotopic (exact) mass is 463 g/mol. The van der Waals surface area contributed by atoms with E-state index < -0.39 is 0 Å².